The Balaban J connectivity index is 2.71. The van der Waals surface area contributed by atoms with Crippen molar-refractivity contribution >= 4 is 0 Å². The van der Waals surface area contributed by atoms with Gasteiger partial charge in [0.2, 0.25) is 0 Å². The quantitative estimate of drug-likeness (QED) is 0.722. The van der Waals surface area contributed by atoms with Gasteiger partial charge in [0.1, 0.15) is 23.5 Å². The molecule has 1 atom stereocenters. The number of hydrogen-bond acceptors (Lipinski definition) is 4. The molecule has 0 fully saturated rings. The summed E-state index contributed by atoms with van der Waals surface area (Å²) in [6.07, 6.45) is 3.00. The minimum Gasteiger partial charge on any atom is -0.487 e. The summed E-state index contributed by atoms with van der Waals surface area (Å²) >= 11 is 0. The predicted octanol–water partition coefficient (Wildman–Crippen LogP) is 1.37. The van der Waals surface area contributed by atoms with E-state index in [1.54, 1.807) is 19.4 Å². The number of nitriles is 1. The Morgan fingerprint density at radius 2 is 2.43 bits per heavy atom. The second-order valence-corrected chi connectivity index (χ2v) is 2.87. The van der Waals surface area contributed by atoms with Crippen molar-refractivity contribution < 1.29 is 9.47 Å². The van der Waals surface area contributed by atoms with E-state index in [9.17, 15) is 0 Å². The molecular formula is C10H12N2O2. The van der Waals surface area contributed by atoms with Crippen molar-refractivity contribution in [3.05, 3.63) is 24.0 Å². The highest BCUT2D eigenvalue weighted by molar-refractivity contribution is 5.40. The van der Waals surface area contributed by atoms with Gasteiger partial charge < -0.3 is 9.47 Å². The molecule has 1 aromatic rings. The van der Waals surface area contributed by atoms with Gasteiger partial charge in [-0.25, -0.2) is 0 Å². The molecule has 1 unspecified atom stereocenters. The Labute approximate surface area is 83.1 Å². The average molecular weight is 192 g/mol. The van der Waals surface area contributed by atoms with E-state index in [-0.39, 0.29) is 6.10 Å². The number of methoxy groups -OCH3 is 1. The molecule has 4 nitrogen and oxygen atoms in total. The van der Waals surface area contributed by atoms with Crippen LogP contribution in [0.3, 0.4) is 0 Å². The van der Waals surface area contributed by atoms with Crippen LogP contribution < -0.4 is 4.74 Å². The molecule has 0 bridgehead atoms. The maximum atomic E-state index is 8.76. The molecule has 1 rings (SSSR count). The number of rotatable bonds is 4. The Kier molecular flexibility index (Phi) is 3.89. The summed E-state index contributed by atoms with van der Waals surface area (Å²) in [7, 11) is 1.61. The molecule has 0 saturated heterocycles. The summed E-state index contributed by atoms with van der Waals surface area (Å²) in [6, 6.07) is 3.69. The number of aromatic nitrogens is 1. The molecular weight excluding hydrogens is 180 g/mol. The largest absolute Gasteiger partial charge is 0.487 e. The first-order chi connectivity index (χ1) is 6.77. The van der Waals surface area contributed by atoms with E-state index in [1.807, 2.05) is 13.0 Å². The third-order valence-electron chi connectivity index (χ3n) is 1.63. The molecule has 74 valence electrons. The third kappa shape index (κ3) is 2.71. The highest BCUT2D eigenvalue weighted by Crippen LogP contribution is 2.16. The van der Waals surface area contributed by atoms with Gasteiger partial charge in [-0.05, 0) is 13.0 Å². The molecule has 0 radical (unpaired) electrons. The zero-order valence-electron chi connectivity index (χ0n) is 8.23. The van der Waals surface area contributed by atoms with Crippen molar-refractivity contribution in [3.8, 4) is 11.8 Å². The van der Waals surface area contributed by atoms with Crippen molar-refractivity contribution in [2.45, 2.75) is 13.0 Å². The molecule has 0 amide bonds. The van der Waals surface area contributed by atoms with Crippen LogP contribution in [0.25, 0.3) is 0 Å². The first-order valence-corrected chi connectivity index (χ1v) is 4.27. The molecule has 0 aliphatic rings. The van der Waals surface area contributed by atoms with Gasteiger partial charge in [0.05, 0.1) is 6.61 Å². The zero-order chi connectivity index (χ0) is 10.4. The Hall–Kier alpha value is -1.60. The van der Waals surface area contributed by atoms with E-state index in [0.717, 1.165) is 0 Å². The molecule has 0 aliphatic carbocycles. The highest BCUT2D eigenvalue weighted by atomic mass is 16.5. The van der Waals surface area contributed by atoms with Gasteiger partial charge in [0.25, 0.3) is 0 Å². The lowest BCUT2D eigenvalue weighted by Gasteiger charge is -2.13. The summed E-state index contributed by atoms with van der Waals surface area (Å²) in [4.78, 5) is 3.84. The summed E-state index contributed by atoms with van der Waals surface area (Å²) in [6.45, 7) is 2.37. The number of nitrogens with zero attached hydrogens (tertiary/aromatic N) is 2. The van der Waals surface area contributed by atoms with Gasteiger partial charge >= 0.3 is 0 Å². The number of ether oxygens (including phenoxy) is 2. The molecule has 0 aromatic carbocycles. The third-order valence-corrected chi connectivity index (χ3v) is 1.63. The summed E-state index contributed by atoms with van der Waals surface area (Å²) < 4.78 is 10.4. The van der Waals surface area contributed by atoms with Crippen LogP contribution >= 0.6 is 0 Å². The highest BCUT2D eigenvalue weighted by Gasteiger charge is 2.07. The van der Waals surface area contributed by atoms with Crippen LogP contribution in [-0.2, 0) is 4.74 Å². The Morgan fingerprint density at radius 1 is 1.64 bits per heavy atom. The van der Waals surface area contributed by atoms with Crippen molar-refractivity contribution in [1.29, 1.82) is 5.26 Å². The van der Waals surface area contributed by atoms with Crippen LogP contribution in [0, 0.1) is 11.3 Å². The summed E-state index contributed by atoms with van der Waals surface area (Å²) in [5.41, 5.74) is 0.440. The van der Waals surface area contributed by atoms with Crippen molar-refractivity contribution in [2.75, 3.05) is 13.7 Å². The second kappa shape index (κ2) is 5.20. The van der Waals surface area contributed by atoms with Crippen LogP contribution in [0.4, 0.5) is 0 Å². The molecule has 0 saturated carbocycles. The van der Waals surface area contributed by atoms with E-state index in [2.05, 4.69) is 4.98 Å². The molecule has 1 heterocycles. The SMILES string of the molecule is COCC(C)Oc1ccncc1C#N. The standard InChI is InChI=1S/C10H12N2O2/c1-8(7-13-2)14-10-3-4-12-6-9(10)5-11/h3-4,6,8H,7H2,1-2H3. The first-order valence-electron chi connectivity index (χ1n) is 4.27. The smallest absolute Gasteiger partial charge is 0.140 e. The van der Waals surface area contributed by atoms with Gasteiger partial charge in [-0.2, -0.15) is 5.26 Å². The molecule has 14 heavy (non-hydrogen) atoms. The molecule has 0 N–H and O–H groups in total. The van der Waals surface area contributed by atoms with Crippen LogP contribution in [-0.4, -0.2) is 24.8 Å². The number of hydrogen-bond donors (Lipinski definition) is 0. The zero-order valence-corrected chi connectivity index (χ0v) is 8.23. The maximum Gasteiger partial charge on any atom is 0.140 e. The molecule has 1 aromatic heterocycles. The lowest BCUT2D eigenvalue weighted by atomic mass is 10.3. The van der Waals surface area contributed by atoms with Crippen LogP contribution in [0.1, 0.15) is 12.5 Å². The molecule has 0 aliphatic heterocycles. The van der Waals surface area contributed by atoms with E-state index in [0.29, 0.717) is 17.9 Å². The van der Waals surface area contributed by atoms with E-state index in [1.165, 1.54) is 6.20 Å². The minimum absolute atomic E-state index is 0.0745. The van der Waals surface area contributed by atoms with Gasteiger partial charge in [0.15, 0.2) is 0 Å². The number of pyridine rings is 1. The lowest BCUT2D eigenvalue weighted by Crippen LogP contribution is -2.18. The van der Waals surface area contributed by atoms with Crippen molar-refractivity contribution in [3.63, 3.8) is 0 Å². The summed E-state index contributed by atoms with van der Waals surface area (Å²) in [5, 5.41) is 8.76. The monoisotopic (exact) mass is 192 g/mol. The van der Waals surface area contributed by atoms with Crippen molar-refractivity contribution in [1.82, 2.24) is 4.98 Å². The van der Waals surface area contributed by atoms with Gasteiger partial charge in [-0.15, -0.1) is 0 Å². The van der Waals surface area contributed by atoms with E-state index < -0.39 is 0 Å². The normalized spacial score (nSPS) is 11.8. The predicted molar refractivity (Wildman–Crippen MR) is 50.9 cm³/mol. The minimum atomic E-state index is -0.0745. The lowest BCUT2D eigenvalue weighted by molar-refractivity contribution is 0.0918. The van der Waals surface area contributed by atoms with Gasteiger partial charge in [0, 0.05) is 19.5 Å². The Bertz CT molecular complexity index is 333. The first kappa shape index (κ1) is 10.5. The van der Waals surface area contributed by atoms with Crippen LogP contribution in [0.15, 0.2) is 18.5 Å². The Morgan fingerprint density at radius 3 is 3.07 bits per heavy atom. The van der Waals surface area contributed by atoms with Gasteiger partial charge in [-0.3, -0.25) is 4.98 Å². The van der Waals surface area contributed by atoms with E-state index in [4.69, 9.17) is 14.7 Å². The van der Waals surface area contributed by atoms with E-state index >= 15 is 0 Å². The molecule has 0 spiro atoms. The summed E-state index contributed by atoms with van der Waals surface area (Å²) in [5.74, 6) is 0.548. The van der Waals surface area contributed by atoms with Crippen LogP contribution in [0.5, 0.6) is 5.75 Å². The van der Waals surface area contributed by atoms with Crippen LogP contribution in [0.2, 0.25) is 0 Å². The second-order valence-electron chi connectivity index (χ2n) is 2.87. The van der Waals surface area contributed by atoms with Gasteiger partial charge in [-0.1, -0.05) is 0 Å². The fourth-order valence-electron chi connectivity index (χ4n) is 1.05. The maximum absolute atomic E-state index is 8.76. The fraction of sp³-hybridized carbons (Fsp3) is 0.400. The topological polar surface area (TPSA) is 55.1 Å². The fourth-order valence-corrected chi connectivity index (χ4v) is 1.05. The van der Waals surface area contributed by atoms with Crippen molar-refractivity contribution in [2.24, 2.45) is 0 Å². The molecule has 4 heteroatoms. The average Bonchev–Trinajstić information content (AvgIpc) is 2.19.